The van der Waals surface area contributed by atoms with Crippen LogP contribution in [0, 0.1) is 6.92 Å². The second kappa shape index (κ2) is 6.96. The molecule has 0 N–H and O–H groups in total. The van der Waals surface area contributed by atoms with Gasteiger partial charge in [0.05, 0.1) is 12.2 Å². The van der Waals surface area contributed by atoms with E-state index in [0.29, 0.717) is 6.54 Å². The quantitative estimate of drug-likeness (QED) is 0.872. The number of hydrogen-bond acceptors (Lipinski definition) is 3. The summed E-state index contributed by atoms with van der Waals surface area (Å²) in [5, 5.41) is 4.40. The van der Waals surface area contributed by atoms with E-state index in [1.165, 1.54) is 0 Å². The van der Waals surface area contributed by atoms with Gasteiger partial charge >= 0.3 is 0 Å². The average Bonchev–Trinajstić information content (AvgIpc) is 3.03. The Morgan fingerprint density at radius 3 is 2.78 bits per heavy atom. The van der Waals surface area contributed by atoms with Crippen molar-refractivity contribution in [3.8, 4) is 0 Å². The van der Waals surface area contributed by atoms with E-state index in [1.807, 2.05) is 59.2 Å². The number of piperidine rings is 1. The molecule has 0 radical (unpaired) electrons. The number of carbonyl (C=O) groups is 1. The molecule has 0 aliphatic carbocycles. The number of aromatic nitrogens is 2. The predicted octanol–water partition coefficient (Wildman–Crippen LogP) is 2.74. The fraction of sp³-hybridized carbons (Fsp3) is 0.444. The molecule has 1 fully saturated rings. The maximum absolute atomic E-state index is 12.9. The summed E-state index contributed by atoms with van der Waals surface area (Å²) in [7, 11) is 1.59. The minimum absolute atomic E-state index is 0.0345. The lowest BCUT2D eigenvalue weighted by Gasteiger charge is -2.34. The van der Waals surface area contributed by atoms with Gasteiger partial charge in [-0.2, -0.15) is 5.10 Å². The molecule has 3 rings (SSSR count). The zero-order chi connectivity index (χ0) is 16.2. The first-order chi connectivity index (χ1) is 11.2. The van der Waals surface area contributed by atoms with Crippen molar-refractivity contribution in [3.05, 3.63) is 53.9 Å². The highest BCUT2D eigenvalue weighted by Crippen LogP contribution is 2.26. The fourth-order valence-corrected chi connectivity index (χ4v) is 3.18. The van der Waals surface area contributed by atoms with E-state index in [-0.39, 0.29) is 11.9 Å². The summed E-state index contributed by atoms with van der Waals surface area (Å²) in [6.07, 6.45) is 5.41. The lowest BCUT2D eigenvalue weighted by Crippen LogP contribution is -2.43. The topological polar surface area (TPSA) is 47.4 Å². The molecule has 0 spiro atoms. The Hall–Kier alpha value is -2.14. The minimum Gasteiger partial charge on any atom is -0.367 e. The molecular weight excluding hydrogens is 290 g/mol. The lowest BCUT2D eigenvalue weighted by molar-refractivity contribution is -0.144. The molecule has 122 valence electrons. The van der Waals surface area contributed by atoms with Crippen molar-refractivity contribution in [1.82, 2.24) is 14.7 Å². The number of carbonyl (C=O) groups excluding carboxylic acids is 1. The second-order valence-corrected chi connectivity index (χ2v) is 6.10. The van der Waals surface area contributed by atoms with Crippen molar-refractivity contribution in [1.29, 1.82) is 0 Å². The van der Waals surface area contributed by atoms with Crippen molar-refractivity contribution < 1.29 is 9.53 Å². The third kappa shape index (κ3) is 3.45. The van der Waals surface area contributed by atoms with Gasteiger partial charge in [-0.05, 0) is 30.9 Å². The van der Waals surface area contributed by atoms with Crippen LogP contribution in [0.1, 0.15) is 36.1 Å². The fourth-order valence-electron chi connectivity index (χ4n) is 3.18. The zero-order valence-electron chi connectivity index (χ0n) is 13.7. The molecule has 2 aromatic rings. The van der Waals surface area contributed by atoms with Crippen molar-refractivity contribution in [2.45, 2.75) is 31.9 Å². The smallest absolute Gasteiger partial charge is 0.256 e. The van der Waals surface area contributed by atoms with Crippen LogP contribution in [-0.4, -0.2) is 40.8 Å². The maximum atomic E-state index is 12.9. The molecule has 1 aliphatic rings. The van der Waals surface area contributed by atoms with Gasteiger partial charge in [0.1, 0.15) is 0 Å². The van der Waals surface area contributed by atoms with Crippen LogP contribution in [0.4, 0.5) is 0 Å². The van der Waals surface area contributed by atoms with Crippen LogP contribution < -0.4 is 0 Å². The van der Waals surface area contributed by atoms with Crippen LogP contribution in [0.5, 0.6) is 0 Å². The summed E-state index contributed by atoms with van der Waals surface area (Å²) in [6.45, 7) is 3.50. The molecule has 1 saturated heterocycles. The molecule has 1 aliphatic heterocycles. The maximum Gasteiger partial charge on any atom is 0.256 e. The second-order valence-electron chi connectivity index (χ2n) is 6.10. The number of methoxy groups -OCH3 is 1. The number of likely N-dealkylation sites (tertiary alicyclic amines) is 1. The number of ether oxygens (including phenoxy) is 1. The molecule has 2 atom stereocenters. The van der Waals surface area contributed by atoms with Crippen LogP contribution >= 0.6 is 0 Å². The van der Waals surface area contributed by atoms with Crippen molar-refractivity contribution in [2.75, 3.05) is 20.2 Å². The van der Waals surface area contributed by atoms with Gasteiger partial charge in [0.2, 0.25) is 0 Å². The number of amides is 1. The van der Waals surface area contributed by atoms with Crippen molar-refractivity contribution in [3.63, 3.8) is 0 Å². The molecule has 0 saturated carbocycles. The first-order valence-corrected chi connectivity index (χ1v) is 8.06. The number of benzene rings is 1. The number of nitrogens with zero attached hydrogens (tertiary/aromatic N) is 3. The van der Waals surface area contributed by atoms with Crippen molar-refractivity contribution in [2.24, 2.45) is 0 Å². The highest BCUT2D eigenvalue weighted by Gasteiger charge is 2.30. The number of rotatable bonds is 4. The average molecular weight is 313 g/mol. The van der Waals surface area contributed by atoms with Crippen LogP contribution in [0.25, 0.3) is 0 Å². The Kier molecular flexibility index (Phi) is 4.76. The molecule has 5 heteroatoms. The van der Waals surface area contributed by atoms with Gasteiger partial charge in [-0.3, -0.25) is 9.48 Å². The first-order valence-electron chi connectivity index (χ1n) is 8.06. The SMILES string of the molecule is CO[C@H](C(=O)N1CCC[C@@H](n2cc(C)cn2)C1)c1ccccc1. The summed E-state index contributed by atoms with van der Waals surface area (Å²) in [5.74, 6) is 0.0345. The monoisotopic (exact) mass is 313 g/mol. The van der Waals surface area contributed by atoms with E-state index in [0.717, 1.165) is 30.5 Å². The predicted molar refractivity (Wildman–Crippen MR) is 88.0 cm³/mol. The lowest BCUT2D eigenvalue weighted by atomic mass is 10.0. The Labute approximate surface area is 136 Å². The van der Waals surface area contributed by atoms with Crippen LogP contribution in [0.15, 0.2) is 42.7 Å². The molecule has 0 bridgehead atoms. The van der Waals surface area contributed by atoms with Gasteiger partial charge in [-0.1, -0.05) is 30.3 Å². The van der Waals surface area contributed by atoms with E-state index < -0.39 is 6.10 Å². The van der Waals surface area contributed by atoms with Gasteiger partial charge in [0, 0.05) is 26.4 Å². The van der Waals surface area contributed by atoms with Crippen molar-refractivity contribution >= 4 is 5.91 Å². The standard InChI is InChI=1S/C18H23N3O2/c1-14-11-19-21(12-14)16-9-6-10-20(13-16)18(22)17(23-2)15-7-4-3-5-8-15/h3-5,7-8,11-12,16-17H,6,9-10,13H2,1-2H3/t16-,17+/m1/s1. The van der Waals surface area contributed by atoms with E-state index >= 15 is 0 Å². The number of hydrogen-bond donors (Lipinski definition) is 0. The summed E-state index contributed by atoms with van der Waals surface area (Å²) >= 11 is 0. The van der Waals surface area contributed by atoms with Gasteiger partial charge in [-0.15, -0.1) is 0 Å². The molecule has 1 amide bonds. The van der Waals surface area contributed by atoms with Gasteiger partial charge in [0.15, 0.2) is 6.10 Å². The molecule has 0 unspecified atom stereocenters. The molecule has 5 nitrogen and oxygen atoms in total. The van der Waals surface area contributed by atoms with Crippen LogP contribution in [-0.2, 0) is 9.53 Å². The van der Waals surface area contributed by atoms with E-state index in [1.54, 1.807) is 7.11 Å². The van der Waals surface area contributed by atoms with E-state index in [9.17, 15) is 4.79 Å². The van der Waals surface area contributed by atoms with Gasteiger partial charge in [-0.25, -0.2) is 0 Å². The summed E-state index contributed by atoms with van der Waals surface area (Å²) in [4.78, 5) is 14.8. The minimum atomic E-state index is -0.533. The normalized spacial score (nSPS) is 19.6. The Morgan fingerprint density at radius 1 is 1.35 bits per heavy atom. The molecule has 1 aromatic carbocycles. The summed E-state index contributed by atoms with van der Waals surface area (Å²) < 4.78 is 7.47. The Morgan fingerprint density at radius 2 is 2.13 bits per heavy atom. The third-order valence-corrected chi connectivity index (χ3v) is 4.38. The van der Waals surface area contributed by atoms with Gasteiger partial charge in [0.25, 0.3) is 5.91 Å². The third-order valence-electron chi connectivity index (χ3n) is 4.38. The summed E-state index contributed by atoms with van der Waals surface area (Å²) in [5.41, 5.74) is 2.05. The van der Waals surface area contributed by atoms with Crippen LogP contribution in [0.3, 0.4) is 0 Å². The Bertz CT molecular complexity index is 653. The zero-order valence-corrected chi connectivity index (χ0v) is 13.7. The Balaban J connectivity index is 1.73. The molecule has 1 aromatic heterocycles. The number of aryl methyl sites for hydroxylation is 1. The molecule has 2 heterocycles. The molecule has 23 heavy (non-hydrogen) atoms. The van der Waals surface area contributed by atoms with E-state index in [2.05, 4.69) is 5.10 Å². The first kappa shape index (κ1) is 15.7. The largest absolute Gasteiger partial charge is 0.367 e. The van der Waals surface area contributed by atoms with Crippen LogP contribution in [0.2, 0.25) is 0 Å². The van der Waals surface area contributed by atoms with Gasteiger partial charge < -0.3 is 9.64 Å². The highest BCUT2D eigenvalue weighted by molar-refractivity contribution is 5.82. The molecular formula is C18H23N3O2. The highest BCUT2D eigenvalue weighted by atomic mass is 16.5. The van der Waals surface area contributed by atoms with E-state index in [4.69, 9.17) is 4.74 Å². The summed E-state index contributed by atoms with van der Waals surface area (Å²) in [6, 6.07) is 9.92.